The van der Waals surface area contributed by atoms with Gasteiger partial charge in [0, 0.05) is 23.0 Å². The van der Waals surface area contributed by atoms with Gasteiger partial charge in [-0.1, -0.05) is 53.6 Å². The highest BCUT2D eigenvalue weighted by Crippen LogP contribution is 2.42. The Labute approximate surface area is 205 Å². The number of benzene rings is 4. The number of likely N-dealkylation sites (tertiary alicyclic amines) is 1. The Kier molecular flexibility index (Phi) is 6.05. The van der Waals surface area contributed by atoms with E-state index in [2.05, 4.69) is 37.3 Å². The van der Waals surface area contributed by atoms with Crippen molar-refractivity contribution < 1.29 is 9.53 Å². The molecule has 1 fully saturated rings. The van der Waals surface area contributed by atoms with Gasteiger partial charge in [0.1, 0.15) is 5.75 Å². The maximum Gasteiger partial charge on any atom is 0.254 e. The zero-order chi connectivity index (χ0) is 23.8. The van der Waals surface area contributed by atoms with Gasteiger partial charge in [-0.3, -0.25) is 4.79 Å². The highest BCUT2D eigenvalue weighted by molar-refractivity contribution is 6.30. The summed E-state index contributed by atoms with van der Waals surface area (Å²) >= 11 is 6.39. The lowest BCUT2D eigenvalue weighted by Crippen LogP contribution is -2.31. The molecule has 4 heteroatoms. The monoisotopic (exact) mass is 469 g/mol. The molecule has 4 aromatic rings. The molecule has 0 N–H and O–H groups in total. The van der Waals surface area contributed by atoms with E-state index in [0.717, 1.165) is 50.2 Å². The van der Waals surface area contributed by atoms with E-state index in [1.165, 1.54) is 5.56 Å². The van der Waals surface area contributed by atoms with Crippen LogP contribution in [0.2, 0.25) is 5.02 Å². The molecule has 34 heavy (non-hydrogen) atoms. The summed E-state index contributed by atoms with van der Waals surface area (Å²) in [5.41, 5.74) is 5.36. The van der Waals surface area contributed by atoms with Crippen molar-refractivity contribution in [2.75, 3.05) is 13.7 Å². The Morgan fingerprint density at radius 3 is 2.32 bits per heavy atom. The lowest BCUT2D eigenvalue weighted by molar-refractivity contribution is 0.0734. The number of rotatable bonds is 4. The van der Waals surface area contributed by atoms with Crippen LogP contribution in [0.25, 0.3) is 10.8 Å². The van der Waals surface area contributed by atoms with Crippen LogP contribution in [0.15, 0.2) is 78.9 Å². The third-order valence-electron chi connectivity index (χ3n) is 6.85. The minimum Gasteiger partial charge on any atom is -0.497 e. The maximum absolute atomic E-state index is 13.7. The second kappa shape index (κ2) is 9.15. The van der Waals surface area contributed by atoms with Gasteiger partial charge in [0.2, 0.25) is 0 Å². The first-order valence-corrected chi connectivity index (χ1v) is 12.0. The van der Waals surface area contributed by atoms with Crippen molar-refractivity contribution in [1.82, 2.24) is 4.90 Å². The van der Waals surface area contributed by atoms with Crippen molar-refractivity contribution in [2.24, 2.45) is 0 Å². The number of amides is 1. The molecule has 1 aliphatic rings. The topological polar surface area (TPSA) is 29.5 Å². The smallest absolute Gasteiger partial charge is 0.254 e. The van der Waals surface area contributed by atoms with Crippen molar-refractivity contribution in [3.63, 3.8) is 0 Å². The quantitative estimate of drug-likeness (QED) is 0.310. The summed E-state index contributed by atoms with van der Waals surface area (Å²) in [6.07, 6.45) is 0.860. The molecule has 1 amide bonds. The molecule has 0 aromatic heterocycles. The van der Waals surface area contributed by atoms with Gasteiger partial charge in [0.15, 0.2) is 0 Å². The molecular weight excluding hydrogens is 442 g/mol. The van der Waals surface area contributed by atoms with E-state index in [9.17, 15) is 4.79 Å². The van der Waals surface area contributed by atoms with Crippen molar-refractivity contribution in [3.8, 4) is 5.75 Å². The SMILES string of the molecule is COc1ccc2cc(C3CC(c4cc(C)cc(Cl)c4)CN3C(=O)c3ccc(C)cc3)ccc2c1. The van der Waals surface area contributed by atoms with Crippen LogP contribution in [0, 0.1) is 13.8 Å². The summed E-state index contributed by atoms with van der Waals surface area (Å²) in [5, 5.41) is 3.01. The normalized spacial score (nSPS) is 17.8. The van der Waals surface area contributed by atoms with Crippen molar-refractivity contribution >= 4 is 28.3 Å². The first-order chi connectivity index (χ1) is 16.4. The largest absolute Gasteiger partial charge is 0.497 e. The van der Waals surface area contributed by atoms with Crippen LogP contribution in [-0.4, -0.2) is 24.5 Å². The van der Waals surface area contributed by atoms with Crippen LogP contribution >= 0.6 is 11.6 Å². The van der Waals surface area contributed by atoms with Crippen LogP contribution in [0.4, 0.5) is 0 Å². The Morgan fingerprint density at radius 1 is 0.853 bits per heavy atom. The van der Waals surface area contributed by atoms with Crippen molar-refractivity contribution in [2.45, 2.75) is 32.2 Å². The third kappa shape index (κ3) is 4.41. The average Bonchev–Trinajstić information content (AvgIpc) is 3.28. The number of carbonyl (C=O) groups excluding carboxylic acids is 1. The Balaban J connectivity index is 1.54. The molecule has 0 aliphatic carbocycles. The molecule has 0 bridgehead atoms. The molecule has 0 saturated carbocycles. The van der Waals surface area contributed by atoms with Crippen LogP contribution in [-0.2, 0) is 0 Å². The minimum atomic E-state index is -0.00964. The van der Waals surface area contributed by atoms with E-state index >= 15 is 0 Å². The fourth-order valence-corrected chi connectivity index (χ4v) is 5.35. The van der Waals surface area contributed by atoms with Crippen LogP contribution in [0.5, 0.6) is 5.75 Å². The number of halogens is 1. The number of methoxy groups -OCH3 is 1. The van der Waals surface area contributed by atoms with Gasteiger partial charge < -0.3 is 9.64 Å². The van der Waals surface area contributed by atoms with E-state index in [4.69, 9.17) is 16.3 Å². The summed E-state index contributed by atoms with van der Waals surface area (Å²) in [6, 6.07) is 26.6. The number of hydrogen-bond acceptors (Lipinski definition) is 2. The second-order valence-electron chi connectivity index (χ2n) is 9.31. The molecule has 0 radical (unpaired) electrons. The number of hydrogen-bond donors (Lipinski definition) is 0. The maximum atomic E-state index is 13.7. The molecule has 5 rings (SSSR count). The highest BCUT2D eigenvalue weighted by atomic mass is 35.5. The Hall–Kier alpha value is -3.30. The van der Waals surface area contributed by atoms with Gasteiger partial charge in [0.05, 0.1) is 13.2 Å². The summed E-state index contributed by atoms with van der Waals surface area (Å²) in [4.78, 5) is 15.7. The van der Waals surface area contributed by atoms with Crippen molar-refractivity contribution in [3.05, 3.63) is 112 Å². The molecule has 0 spiro atoms. The predicted molar refractivity (Wildman–Crippen MR) is 139 cm³/mol. The number of nitrogens with zero attached hydrogens (tertiary/aromatic N) is 1. The Morgan fingerprint density at radius 2 is 1.59 bits per heavy atom. The summed E-state index contributed by atoms with van der Waals surface area (Å²) < 4.78 is 5.38. The summed E-state index contributed by atoms with van der Waals surface area (Å²) in [6.45, 7) is 4.76. The molecular formula is C30H28ClNO2. The number of fused-ring (bicyclic) bond motifs is 1. The van der Waals surface area contributed by atoms with E-state index in [0.29, 0.717) is 6.54 Å². The molecule has 1 saturated heterocycles. The van der Waals surface area contributed by atoms with E-state index in [1.54, 1.807) is 7.11 Å². The van der Waals surface area contributed by atoms with Gasteiger partial charge in [-0.25, -0.2) is 0 Å². The average molecular weight is 470 g/mol. The first kappa shape index (κ1) is 22.5. The van der Waals surface area contributed by atoms with Gasteiger partial charge >= 0.3 is 0 Å². The molecule has 172 valence electrons. The lowest BCUT2D eigenvalue weighted by Gasteiger charge is -2.25. The van der Waals surface area contributed by atoms with Crippen molar-refractivity contribution in [1.29, 1.82) is 0 Å². The standard InChI is InChI=1S/C30H28ClNO2/c1-19-4-6-21(7-5-19)30(33)32-18-26(25-12-20(2)13-27(31)15-25)17-29(32)24-9-8-23-16-28(34-3)11-10-22(23)14-24/h4-16,26,29H,17-18H2,1-3H3. The molecule has 2 atom stereocenters. The number of aryl methyl sites for hydroxylation is 2. The summed E-state index contributed by atoms with van der Waals surface area (Å²) in [5.74, 6) is 1.14. The molecule has 1 aliphatic heterocycles. The molecule has 3 nitrogen and oxygen atoms in total. The molecule has 4 aromatic carbocycles. The lowest BCUT2D eigenvalue weighted by atomic mass is 9.92. The van der Waals surface area contributed by atoms with Crippen LogP contribution < -0.4 is 4.74 Å². The fraction of sp³-hybridized carbons (Fsp3) is 0.233. The fourth-order valence-electron chi connectivity index (χ4n) is 5.06. The van der Waals surface area contributed by atoms with E-state index in [-0.39, 0.29) is 17.9 Å². The Bertz CT molecular complexity index is 1340. The number of carbonyl (C=O) groups is 1. The van der Waals surface area contributed by atoms with Crippen LogP contribution in [0.1, 0.15) is 51.0 Å². The van der Waals surface area contributed by atoms with E-state index in [1.807, 2.05) is 60.4 Å². The molecule has 1 heterocycles. The first-order valence-electron chi connectivity index (χ1n) is 11.6. The van der Waals surface area contributed by atoms with Gasteiger partial charge in [-0.05, 0) is 90.2 Å². The van der Waals surface area contributed by atoms with Gasteiger partial charge in [0.25, 0.3) is 5.91 Å². The van der Waals surface area contributed by atoms with E-state index < -0.39 is 0 Å². The zero-order valence-electron chi connectivity index (χ0n) is 19.7. The third-order valence-corrected chi connectivity index (χ3v) is 7.07. The highest BCUT2D eigenvalue weighted by Gasteiger charge is 2.37. The molecule has 2 unspecified atom stereocenters. The van der Waals surface area contributed by atoms with Gasteiger partial charge in [-0.15, -0.1) is 0 Å². The zero-order valence-corrected chi connectivity index (χ0v) is 20.5. The summed E-state index contributed by atoms with van der Waals surface area (Å²) in [7, 11) is 1.68. The minimum absolute atomic E-state index is 0.00964. The second-order valence-corrected chi connectivity index (χ2v) is 9.74. The predicted octanol–water partition coefficient (Wildman–Crippen LogP) is 7.49. The van der Waals surface area contributed by atoms with Crippen LogP contribution in [0.3, 0.4) is 0 Å². The number of ether oxygens (including phenoxy) is 1. The van der Waals surface area contributed by atoms with Gasteiger partial charge in [-0.2, -0.15) is 0 Å².